The third kappa shape index (κ3) is 4.00. The first kappa shape index (κ1) is 13.3. The fourth-order valence-electron chi connectivity index (χ4n) is 1.17. The first-order valence-electron chi connectivity index (χ1n) is 5.15. The number of hydrogen-bond donors (Lipinski definition) is 1. The Morgan fingerprint density at radius 1 is 1.44 bits per heavy atom. The predicted molar refractivity (Wildman–Crippen MR) is 69.7 cm³/mol. The van der Waals surface area contributed by atoms with Crippen LogP contribution in [0.3, 0.4) is 0 Å². The van der Waals surface area contributed by atoms with E-state index in [0.717, 1.165) is 13.1 Å². The Morgan fingerprint density at radius 2 is 2.12 bits per heavy atom. The summed E-state index contributed by atoms with van der Waals surface area (Å²) in [5, 5.41) is 3.48. The van der Waals surface area contributed by atoms with Crippen LogP contribution in [0.5, 0.6) is 0 Å². The number of nitrogens with one attached hydrogen (secondary N) is 1. The summed E-state index contributed by atoms with van der Waals surface area (Å²) in [4.78, 5) is 10.8. The monoisotopic (exact) mass is 258 g/mol. The molecule has 0 fully saturated rings. The third-order valence-electron chi connectivity index (χ3n) is 2.20. The van der Waals surface area contributed by atoms with Crippen molar-refractivity contribution in [3.8, 4) is 0 Å². The summed E-state index contributed by atoms with van der Waals surface area (Å²) >= 11 is 10.9. The van der Waals surface area contributed by atoms with Crippen molar-refractivity contribution in [2.45, 2.75) is 13.8 Å². The minimum atomic E-state index is 0.351. The number of halogens is 1. The molecule has 4 nitrogen and oxygen atoms in total. The van der Waals surface area contributed by atoms with Gasteiger partial charge in [-0.3, -0.25) is 9.88 Å². The highest BCUT2D eigenvalue weighted by Crippen LogP contribution is 2.02. The van der Waals surface area contributed by atoms with Crippen molar-refractivity contribution >= 4 is 28.8 Å². The molecule has 0 saturated carbocycles. The number of nitrogens with zero attached hydrogens (tertiary/aromatic N) is 3. The summed E-state index contributed by atoms with van der Waals surface area (Å²) in [5.41, 5.74) is 0.606. The molecule has 0 spiro atoms. The van der Waals surface area contributed by atoms with Crippen molar-refractivity contribution in [2.24, 2.45) is 0 Å². The largest absolute Gasteiger partial charge is 0.362 e. The smallest absolute Gasteiger partial charge is 0.148 e. The summed E-state index contributed by atoms with van der Waals surface area (Å²) in [6.45, 7) is 6.88. The van der Waals surface area contributed by atoms with E-state index in [1.54, 1.807) is 6.20 Å². The zero-order valence-corrected chi connectivity index (χ0v) is 11.0. The standard InChI is InChI=1S/C10H15ClN4S/c1-3-15(4-2)7-13-10(16)8-5-12-6-9(11)14-8/h5-6H,3-4,7H2,1-2H3,(H,13,16). The van der Waals surface area contributed by atoms with E-state index in [4.69, 9.17) is 23.8 Å². The van der Waals surface area contributed by atoms with Gasteiger partial charge in [-0.15, -0.1) is 0 Å². The molecule has 0 aliphatic carbocycles. The molecule has 88 valence electrons. The van der Waals surface area contributed by atoms with Crippen LogP contribution in [0.2, 0.25) is 5.15 Å². The number of hydrogen-bond acceptors (Lipinski definition) is 4. The van der Waals surface area contributed by atoms with Crippen LogP contribution in [0.15, 0.2) is 12.4 Å². The van der Waals surface area contributed by atoms with Crippen molar-refractivity contribution in [1.82, 2.24) is 20.2 Å². The molecule has 16 heavy (non-hydrogen) atoms. The third-order valence-corrected chi connectivity index (χ3v) is 2.73. The quantitative estimate of drug-likeness (QED) is 0.643. The van der Waals surface area contributed by atoms with Gasteiger partial charge in [0.05, 0.1) is 19.1 Å². The Balaban J connectivity index is 2.52. The van der Waals surface area contributed by atoms with Gasteiger partial charge in [-0.25, -0.2) is 4.98 Å². The first-order valence-corrected chi connectivity index (χ1v) is 5.94. The number of rotatable bonds is 5. The summed E-state index contributed by atoms with van der Waals surface area (Å²) in [6.07, 6.45) is 3.08. The van der Waals surface area contributed by atoms with E-state index in [0.29, 0.717) is 22.5 Å². The molecule has 0 amide bonds. The SMILES string of the molecule is CCN(CC)CNC(=S)c1cncc(Cl)n1. The zero-order chi connectivity index (χ0) is 12.0. The van der Waals surface area contributed by atoms with Crippen molar-refractivity contribution in [1.29, 1.82) is 0 Å². The molecule has 0 unspecified atom stereocenters. The van der Waals surface area contributed by atoms with Gasteiger partial charge in [-0.05, 0) is 13.1 Å². The van der Waals surface area contributed by atoms with Crippen LogP contribution in [0, 0.1) is 0 Å². The molecule has 1 N–H and O–H groups in total. The van der Waals surface area contributed by atoms with E-state index in [2.05, 4.69) is 34.0 Å². The van der Waals surface area contributed by atoms with E-state index in [1.807, 2.05) is 0 Å². The number of thiocarbonyl (C=S) groups is 1. The van der Waals surface area contributed by atoms with Gasteiger partial charge in [0.25, 0.3) is 0 Å². The Labute approximate surface area is 106 Å². The Bertz CT molecular complexity index is 354. The molecule has 0 aliphatic heterocycles. The minimum Gasteiger partial charge on any atom is -0.362 e. The van der Waals surface area contributed by atoms with Crippen molar-refractivity contribution in [3.05, 3.63) is 23.2 Å². The topological polar surface area (TPSA) is 41.0 Å². The highest BCUT2D eigenvalue weighted by molar-refractivity contribution is 7.80. The molecular weight excluding hydrogens is 244 g/mol. The van der Waals surface area contributed by atoms with E-state index in [-0.39, 0.29) is 0 Å². The summed E-state index contributed by atoms with van der Waals surface area (Å²) in [7, 11) is 0. The Kier molecular flexibility index (Phi) is 5.59. The van der Waals surface area contributed by atoms with E-state index >= 15 is 0 Å². The molecule has 0 aliphatic rings. The van der Waals surface area contributed by atoms with Crippen LogP contribution in [0.25, 0.3) is 0 Å². The first-order chi connectivity index (χ1) is 7.67. The molecule has 1 rings (SSSR count). The zero-order valence-electron chi connectivity index (χ0n) is 9.40. The van der Waals surface area contributed by atoms with Gasteiger partial charge >= 0.3 is 0 Å². The van der Waals surface area contributed by atoms with E-state index < -0.39 is 0 Å². The lowest BCUT2D eigenvalue weighted by Crippen LogP contribution is -2.37. The summed E-state index contributed by atoms with van der Waals surface area (Å²) in [6, 6.07) is 0. The lowest BCUT2D eigenvalue weighted by atomic mass is 10.4. The highest BCUT2D eigenvalue weighted by atomic mass is 35.5. The molecule has 1 heterocycles. The molecule has 0 aromatic carbocycles. The maximum Gasteiger partial charge on any atom is 0.148 e. The van der Waals surface area contributed by atoms with Crippen LogP contribution >= 0.6 is 23.8 Å². The van der Waals surface area contributed by atoms with Crippen LogP contribution < -0.4 is 5.32 Å². The second kappa shape index (κ2) is 6.73. The molecule has 0 bridgehead atoms. The van der Waals surface area contributed by atoms with Gasteiger partial charge in [0.1, 0.15) is 15.8 Å². The van der Waals surface area contributed by atoms with Gasteiger partial charge in [-0.2, -0.15) is 0 Å². The van der Waals surface area contributed by atoms with Gasteiger partial charge in [0, 0.05) is 0 Å². The summed E-state index contributed by atoms with van der Waals surface area (Å²) < 4.78 is 0. The Morgan fingerprint density at radius 3 is 2.69 bits per heavy atom. The molecular formula is C10H15ClN4S. The van der Waals surface area contributed by atoms with Crippen molar-refractivity contribution in [3.63, 3.8) is 0 Å². The van der Waals surface area contributed by atoms with Crippen LogP contribution in [-0.2, 0) is 0 Å². The maximum absolute atomic E-state index is 5.73. The second-order valence-corrected chi connectivity index (χ2v) is 3.99. The molecule has 0 saturated heterocycles. The van der Waals surface area contributed by atoms with Gasteiger partial charge in [0.2, 0.25) is 0 Å². The van der Waals surface area contributed by atoms with E-state index in [9.17, 15) is 0 Å². The number of aromatic nitrogens is 2. The normalized spacial score (nSPS) is 10.5. The molecule has 6 heteroatoms. The fourth-order valence-corrected chi connectivity index (χ4v) is 1.48. The molecule has 1 aromatic heterocycles. The van der Waals surface area contributed by atoms with E-state index in [1.165, 1.54) is 6.20 Å². The van der Waals surface area contributed by atoms with Crippen LogP contribution in [0.4, 0.5) is 0 Å². The molecule has 0 atom stereocenters. The Hall–Kier alpha value is -0.780. The fraction of sp³-hybridized carbons (Fsp3) is 0.500. The predicted octanol–water partition coefficient (Wildman–Crippen LogP) is 1.69. The maximum atomic E-state index is 5.73. The van der Waals surface area contributed by atoms with Gasteiger partial charge in [-0.1, -0.05) is 37.7 Å². The second-order valence-electron chi connectivity index (χ2n) is 3.19. The highest BCUT2D eigenvalue weighted by Gasteiger charge is 2.05. The molecule has 0 radical (unpaired) electrons. The van der Waals surface area contributed by atoms with Crippen LogP contribution in [-0.4, -0.2) is 39.6 Å². The average Bonchev–Trinajstić information content (AvgIpc) is 2.30. The van der Waals surface area contributed by atoms with Crippen molar-refractivity contribution < 1.29 is 0 Å². The lowest BCUT2D eigenvalue weighted by molar-refractivity contribution is 0.299. The lowest BCUT2D eigenvalue weighted by Gasteiger charge is -2.19. The summed E-state index contributed by atoms with van der Waals surface area (Å²) in [5.74, 6) is 0. The van der Waals surface area contributed by atoms with Gasteiger partial charge in [0.15, 0.2) is 0 Å². The average molecular weight is 259 g/mol. The minimum absolute atomic E-state index is 0.351. The van der Waals surface area contributed by atoms with Crippen LogP contribution in [0.1, 0.15) is 19.5 Å². The molecule has 1 aromatic rings. The van der Waals surface area contributed by atoms with Crippen molar-refractivity contribution in [2.75, 3.05) is 19.8 Å². The van der Waals surface area contributed by atoms with Gasteiger partial charge < -0.3 is 5.32 Å².